The van der Waals surface area contributed by atoms with Gasteiger partial charge in [0.15, 0.2) is 15.1 Å². The minimum absolute atomic E-state index is 0.570. The van der Waals surface area contributed by atoms with Crippen molar-refractivity contribution in [3.8, 4) is 46.8 Å². The molecule has 0 aliphatic rings. The van der Waals surface area contributed by atoms with Crippen LogP contribution in [0, 0.1) is 46.8 Å². The van der Waals surface area contributed by atoms with E-state index >= 15 is 0 Å². The van der Waals surface area contributed by atoms with Crippen LogP contribution in [0.5, 0.6) is 0 Å². The quantitative estimate of drug-likeness (QED) is 0.416. The van der Waals surface area contributed by atoms with Crippen LogP contribution < -0.4 is 0 Å². The largest absolute Gasteiger partial charge is 0.173 e. The fourth-order valence-corrected chi connectivity index (χ4v) is 2.99. The van der Waals surface area contributed by atoms with Crippen LogP contribution in [-0.4, -0.2) is 38.4 Å². The van der Waals surface area contributed by atoms with E-state index in [1.165, 1.54) is 0 Å². The van der Waals surface area contributed by atoms with Gasteiger partial charge < -0.3 is 0 Å². The average Bonchev–Trinajstić information content (AvgIpc) is 2.71. The Morgan fingerprint density at radius 1 is 0.759 bits per heavy atom. The van der Waals surface area contributed by atoms with E-state index in [2.05, 4.69) is 65.7 Å². The van der Waals surface area contributed by atoms with Crippen LogP contribution in [0.4, 0.5) is 0 Å². The highest BCUT2D eigenvalue weighted by Crippen LogP contribution is 2.19. The van der Waals surface area contributed by atoms with Crippen LogP contribution in [0.15, 0.2) is 42.5 Å². The van der Waals surface area contributed by atoms with E-state index in [0.29, 0.717) is 0 Å². The number of rotatable bonds is 1. The first kappa shape index (κ1) is 22.5. The van der Waals surface area contributed by atoms with Crippen molar-refractivity contribution in [1.29, 1.82) is 0 Å². The second-order valence-electron chi connectivity index (χ2n) is 6.11. The molecule has 0 bridgehead atoms. The van der Waals surface area contributed by atoms with E-state index in [9.17, 15) is 0 Å². The van der Waals surface area contributed by atoms with Crippen molar-refractivity contribution >= 4 is 42.2 Å². The fourth-order valence-electron chi connectivity index (χ4n) is 2.18. The molecule has 0 amide bonds. The first-order valence-electron chi connectivity index (χ1n) is 8.78. The normalized spacial score (nSPS) is 10.0. The number of hydrogen-bond acceptors (Lipinski definition) is 0. The lowest BCUT2D eigenvalue weighted by molar-refractivity contribution is 1.51. The first-order valence-corrected chi connectivity index (χ1v) is 14.0. The van der Waals surface area contributed by atoms with Gasteiger partial charge in [-0.05, 0) is 36.1 Å². The Hall–Kier alpha value is -2.81. The fraction of sp³-hybridized carbons (Fsp3) is 0.115. The zero-order chi connectivity index (χ0) is 21.1. The topological polar surface area (TPSA) is 0 Å². The molecule has 0 fully saturated rings. The Morgan fingerprint density at radius 3 is 1.79 bits per heavy atom. The predicted molar refractivity (Wildman–Crippen MR) is 138 cm³/mol. The third-order valence-corrected chi connectivity index (χ3v) is 4.82. The maximum Gasteiger partial charge on any atom is 0.173 e. The van der Waals surface area contributed by atoms with Crippen LogP contribution in [0.25, 0.3) is 0 Å². The van der Waals surface area contributed by atoms with E-state index in [4.69, 9.17) is 0 Å². The van der Waals surface area contributed by atoms with Crippen LogP contribution in [0.1, 0.15) is 27.8 Å². The zero-order valence-corrected chi connectivity index (χ0v) is 19.4. The predicted octanol–water partition coefficient (Wildman–Crippen LogP) is 5.52. The molecule has 2 aromatic carbocycles. The summed E-state index contributed by atoms with van der Waals surface area (Å²) in [5, 5.41) is 0. The highest BCUT2D eigenvalue weighted by Gasteiger charge is 2.07. The molecule has 0 heterocycles. The van der Waals surface area contributed by atoms with Crippen molar-refractivity contribution in [3.63, 3.8) is 0 Å². The molecule has 0 radical (unpaired) electrons. The van der Waals surface area contributed by atoms with Gasteiger partial charge in [-0.15, -0.1) is 0 Å². The molecule has 138 valence electrons. The highest BCUT2D eigenvalue weighted by molar-refractivity contribution is 7.60. The molecule has 0 aromatic heterocycles. The Morgan fingerprint density at radius 2 is 1.28 bits per heavy atom. The smallest absolute Gasteiger partial charge is 0.0993 e. The Bertz CT molecular complexity index is 1200. The SMILES string of the molecule is C=PCC#Cc1cc(C#C[P+](=C)C)c(C#Cc2ccccc2)cc1C#C[P+](=C)C. The molecule has 2 unspecified atom stereocenters. The molecule has 0 spiro atoms. The second kappa shape index (κ2) is 11.9. The molecule has 0 aliphatic carbocycles. The lowest BCUT2D eigenvalue weighted by Gasteiger charge is -2.02. The molecule has 0 saturated carbocycles. The van der Waals surface area contributed by atoms with Gasteiger partial charge in [-0.3, -0.25) is 0 Å². The lowest BCUT2D eigenvalue weighted by atomic mass is 9.99. The van der Waals surface area contributed by atoms with E-state index in [1.54, 1.807) is 0 Å². The molecular weight excluding hydrogens is 405 g/mol. The molecular formula is C26H21P3+2. The highest BCUT2D eigenvalue weighted by atomic mass is 31.1. The van der Waals surface area contributed by atoms with Gasteiger partial charge in [0, 0.05) is 27.8 Å². The summed E-state index contributed by atoms with van der Waals surface area (Å²) in [6.07, 6.45) is 12.6. The van der Waals surface area contributed by atoms with Gasteiger partial charge >= 0.3 is 0 Å². The van der Waals surface area contributed by atoms with Crippen molar-refractivity contribution in [2.75, 3.05) is 19.5 Å². The van der Waals surface area contributed by atoms with Crippen molar-refractivity contribution in [1.82, 2.24) is 0 Å². The minimum Gasteiger partial charge on any atom is -0.0993 e. The molecule has 0 N–H and O–H groups in total. The summed E-state index contributed by atoms with van der Waals surface area (Å²) >= 11 is 0. The molecule has 2 rings (SSSR count). The Labute approximate surface area is 178 Å². The van der Waals surface area contributed by atoms with Gasteiger partial charge in [0.2, 0.25) is 0 Å². The van der Waals surface area contributed by atoms with Gasteiger partial charge in [0.05, 0.1) is 18.8 Å². The molecule has 0 saturated heterocycles. The molecule has 0 aliphatic heterocycles. The van der Waals surface area contributed by atoms with Crippen LogP contribution in [-0.2, 0) is 0 Å². The summed E-state index contributed by atoms with van der Waals surface area (Å²) in [4.78, 5) is 0. The Balaban J connectivity index is 2.69. The van der Waals surface area contributed by atoms with Crippen molar-refractivity contribution in [2.45, 2.75) is 0 Å². The summed E-state index contributed by atoms with van der Waals surface area (Å²) in [5.74, 6) is 19.4. The standard InChI is InChI=1S/C26H21P3/c1-27-17-9-12-23-20-26(16-19-29(4)5)24(21-25(23)15-18-28(2)3)14-13-22-10-7-6-8-11-22/h6-8,10-11,20-21H,1-2,4,17H2,3,5H3/q+2. The molecule has 2 atom stereocenters. The van der Waals surface area contributed by atoms with Crippen molar-refractivity contribution in [2.24, 2.45) is 0 Å². The third-order valence-electron chi connectivity index (χ3n) is 3.45. The third kappa shape index (κ3) is 7.98. The minimum atomic E-state index is -0.574. The van der Waals surface area contributed by atoms with Gasteiger partial charge in [-0.1, -0.05) is 56.4 Å². The lowest BCUT2D eigenvalue weighted by Crippen LogP contribution is -1.92. The second-order valence-corrected chi connectivity index (χ2v) is 10.1. The maximum atomic E-state index is 4.02. The summed E-state index contributed by atoms with van der Waals surface area (Å²) in [6, 6.07) is 13.9. The van der Waals surface area contributed by atoms with Gasteiger partial charge in [-0.2, -0.15) is 0 Å². The summed E-state index contributed by atoms with van der Waals surface area (Å²) in [5.41, 5.74) is 10.8. The van der Waals surface area contributed by atoms with E-state index in [-0.39, 0.29) is 0 Å². The molecule has 29 heavy (non-hydrogen) atoms. The number of benzene rings is 2. The van der Waals surface area contributed by atoms with Crippen LogP contribution in [0.3, 0.4) is 0 Å². The molecule has 2 aromatic rings. The first-order chi connectivity index (χ1) is 14.0. The van der Waals surface area contributed by atoms with Crippen molar-refractivity contribution in [3.05, 3.63) is 70.3 Å². The summed E-state index contributed by atoms with van der Waals surface area (Å²) in [7, 11) is -0.141. The maximum absolute atomic E-state index is 4.02. The van der Waals surface area contributed by atoms with Gasteiger partial charge in [-0.25, -0.2) is 0 Å². The molecule has 3 heteroatoms. The van der Waals surface area contributed by atoms with Gasteiger partial charge in [0.1, 0.15) is 24.7 Å². The van der Waals surface area contributed by atoms with E-state index in [0.717, 1.165) is 42.2 Å². The Kier molecular flexibility index (Phi) is 9.23. The average molecular weight is 426 g/mol. The molecule has 0 nitrogen and oxygen atoms in total. The summed E-state index contributed by atoms with van der Waals surface area (Å²) in [6.45, 7) is 4.06. The van der Waals surface area contributed by atoms with E-state index < -0.39 is 15.1 Å². The zero-order valence-electron chi connectivity index (χ0n) is 16.7. The van der Waals surface area contributed by atoms with Gasteiger partial charge in [0.25, 0.3) is 0 Å². The summed E-state index contributed by atoms with van der Waals surface area (Å²) < 4.78 is 0. The number of hydrogen-bond donors (Lipinski definition) is 0. The monoisotopic (exact) mass is 426 g/mol. The van der Waals surface area contributed by atoms with E-state index in [1.807, 2.05) is 55.8 Å². The van der Waals surface area contributed by atoms with Crippen LogP contribution >= 0.6 is 23.3 Å². The van der Waals surface area contributed by atoms with Crippen molar-refractivity contribution < 1.29 is 0 Å². The van der Waals surface area contributed by atoms with Crippen LogP contribution in [0.2, 0.25) is 0 Å².